The van der Waals surface area contributed by atoms with Crippen LogP contribution in [0.25, 0.3) is 0 Å². The van der Waals surface area contributed by atoms with E-state index >= 15 is 0 Å². The summed E-state index contributed by atoms with van der Waals surface area (Å²) >= 11 is 0. The molecule has 1 N–H and O–H groups in total. The highest BCUT2D eigenvalue weighted by Crippen LogP contribution is 2.26. The van der Waals surface area contributed by atoms with Crippen molar-refractivity contribution in [3.63, 3.8) is 0 Å². The fraction of sp³-hybridized carbons (Fsp3) is 0.125. The second-order valence-electron chi connectivity index (χ2n) is 5.41. The van der Waals surface area contributed by atoms with Gasteiger partial charge in [-0.3, -0.25) is 29.8 Å². The van der Waals surface area contributed by atoms with Crippen molar-refractivity contribution in [2.24, 2.45) is 0 Å². The van der Waals surface area contributed by atoms with Gasteiger partial charge in [-0.15, -0.1) is 0 Å². The van der Waals surface area contributed by atoms with Crippen molar-refractivity contribution in [3.8, 4) is 0 Å². The summed E-state index contributed by atoms with van der Waals surface area (Å²) in [5.74, 6) is -1.22. The van der Waals surface area contributed by atoms with Crippen molar-refractivity contribution in [2.75, 3.05) is 19.4 Å². The maximum absolute atomic E-state index is 12.5. The maximum atomic E-state index is 12.5. The number of carbonyl (C=O) groups is 2. The number of hydrogen-bond donors (Lipinski definition) is 1. The molecule has 26 heavy (non-hydrogen) atoms. The molecule has 0 spiro atoms. The van der Waals surface area contributed by atoms with Crippen molar-refractivity contribution in [1.82, 2.24) is 4.90 Å². The molecule has 0 aliphatic rings. The van der Waals surface area contributed by atoms with Crippen molar-refractivity contribution in [2.45, 2.75) is 0 Å². The van der Waals surface area contributed by atoms with Crippen molar-refractivity contribution < 1.29 is 19.4 Å². The summed E-state index contributed by atoms with van der Waals surface area (Å²) < 4.78 is 0. The first-order valence-electron chi connectivity index (χ1n) is 7.27. The van der Waals surface area contributed by atoms with Crippen molar-refractivity contribution in [1.29, 1.82) is 0 Å². The lowest BCUT2D eigenvalue weighted by atomic mass is 10.1. The average molecular weight is 358 g/mol. The van der Waals surface area contributed by atoms with E-state index in [0.717, 1.165) is 12.1 Å². The largest absolute Gasteiger partial charge is 0.345 e. The first kappa shape index (κ1) is 18.5. The quantitative estimate of drug-likeness (QED) is 0.644. The number of rotatable bonds is 5. The second-order valence-corrected chi connectivity index (χ2v) is 5.41. The van der Waals surface area contributed by atoms with Gasteiger partial charge in [-0.1, -0.05) is 12.1 Å². The third-order valence-corrected chi connectivity index (χ3v) is 3.45. The van der Waals surface area contributed by atoms with Crippen LogP contribution in [-0.4, -0.2) is 40.7 Å². The Morgan fingerprint density at radius 3 is 2.19 bits per heavy atom. The first-order valence-corrected chi connectivity index (χ1v) is 7.27. The predicted molar refractivity (Wildman–Crippen MR) is 92.2 cm³/mol. The number of nitrogens with zero attached hydrogens (tertiary/aromatic N) is 3. The van der Waals surface area contributed by atoms with E-state index < -0.39 is 27.1 Å². The molecule has 0 aliphatic carbocycles. The van der Waals surface area contributed by atoms with Gasteiger partial charge in [0.05, 0.1) is 27.2 Å². The molecule has 10 nitrogen and oxygen atoms in total. The van der Waals surface area contributed by atoms with Crippen molar-refractivity contribution in [3.05, 3.63) is 73.8 Å². The van der Waals surface area contributed by atoms with Gasteiger partial charge in [0.25, 0.3) is 23.2 Å². The van der Waals surface area contributed by atoms with Crippen LogP contribution in [0.2, 0.25) is 0 Å². The topological polar surface area (TPSA) is 136 Å². The molecule has 0 fully saturated rings. The summed E-state index contributed by atoms with van der Waals surface area (Å²) in [6.07, 6.45) is 0. The summed E-state index contributed by atoms with van der Waals surface area (Å²) in [4.78, 5) is 46.2. The van der Waals surface area contributed by atoms with Crippen LogP contribution in [0.15, 0.2) is 42.5 Å². The minimum atomic E-state index is -0.876. The summed E-state index contributed by atoms with van der Waals surface area (Å²) in [5, 5.41) is 24.4. The lowest BCUT2D eigenvalue weighted by molar-refractivity contribution is -0.394. The van der Waals surface area contributed by atoms with Crippen molar-refractivity contribution >= 4 is 28.9 Å². The first-order chi connectivity index (χ1) is 12.2. The van der Waals surface area contributed by atoms with Gasteiger partial charge in [-0.25, -0.2) is 0 Å². The molecule has 134 valence electrons. The molecule has 2 aromatic carbocycles. The Bertz CT molecular complexity index is 909. The van der Waals surface area contributed by atoms with Crippen LogP contribution in [0, 0.1) is 20.2 Å². The molecule has 10 heteroatoms. The summed E-state index contributed by atoms with van der Waals surface area (Å²) in [6.45, 7) is 0. The minimum absolute atomic E-state index is 0.170. The molecule has 2 amide bonds. The van der Waals surface area contributed by atoms with Crippen LogP contribution in [0.1, 0.15) is 20.7 Å². The molecule has 2 rings (SSSR count). The summed E-state index contributed by atoms with van der Waals surface area (Å²) in [6, 6.07) is 8.90. The van der Waals surface area contributed by atoms with Crippen LogP contribution < -0.4 is 5.32 Å². The fourth-order valence-corrected chi connectivity index (χ4v) is 2.19. The predicted octanol–water partition coefficient (Wildman–Crippen LogP) is 2.46. The van der Waals surface area contributed by atoms with E-state index in [1.54, 1.807) is 26.2 Å². The number of benzene rings is 2. The zero-order valence-corrected chi connectivity index (χ0v) is 13.8. The lowest BCUT2D eigenvalue weighted by Gasteiger charge is -2.14. The Kier molecular flexibility index (Phi) is 5.26. The number of para-hydroxylation sites is 1. The number of non-ortho nitro benzene ring substituents is 1. The Hall–Kier alpha value is -3.82. The molecule has 2 aromatic rings. The van der Waals surface area contributed by atoms with Gasteiger partial charge in [0.15, 0.2) is 0 Å². The number of carbonyl (C=O) groups excluding carboxylic acids is 2. The highest BCUT2D eigenvalue weighted by molar-refractivity contribution is 6.10. The standard InChI is InChI=1S/C16H14N4O6/c1-18(2)16(22)11-5-3-4-6-13(11)17-15(21)12-8-7-10(19(23)24)9-14(12)20(25)26/h3-9H,1-2H3,(H,17,21). The Balaban J connectivity index is 2.42. The van der Waals surface area contributed by atoms with Gasteiger partial charge < -0.3 is 10.2 Å². The third kappa shape index (κ3) is 3.80. The zero-order chi connectivity index (χ0) is 19.4. The van der Waals surface area contributed by atoms with Gasteiger partial charge in [-0.05, 0) is 18.2 Å². The van der Waals surface area contributed by atoms with Gasteiger partial charge >= 0.3 is 0 Å². The van der Waals surface area contributed by atoms with Crippen LogP contribution in [-0.2, 0) is 0 Å². The number of nitro groups is 2. The van der Waals surface area contributed by atoms with E-state index in [1.807, 2.05) is 0 Å². The molecule has 0 aromatic heterocycles. The number of hydrogen-bond acceptors (Lipinski definition) is 6. The van der Waals surface area contributed by atoms with E-state index in [4.69, 9.17) is 0 Å². The molecular formula is C16H14N4O6. The van der Waals surface area contributed by atoms with E-state index in [0.29, 0.717) is 6.07 Å². The Morgan fingerprint density at radius 2 is 1.62 bits per heavy atom. The van der Waals surface area contributed by atoms with Crippen LogP contribution >= 0.6 is 0 Å². The molecule has 0 bridgehead atoms. The number of nitrogens with one attached hydrogen (secondary N) is 1. The molecule has 0 saturated heterocycles. The molecule has 0 saturated carbocycles. The maximum Gasteiger partial charge on any atom is 0.289 e. The third-order valence-electron chi connectivity index (χ3n) is 3.45. The molecule has 0 heterocycles. The van der Waals surface area contributed by atoms with Gasteiger partial charge in [0.2, 0.25) is 0 Å². The van der Waals surface area contributed by atoms with E-state index in [9.17, 15) is 29.8 Å². The van der Waals surface area contributed by atoms with E-state index in [2.05, 4.69) is 5.32 Å². The molecule has 0 radical (unpaired) electrons. The summed E-state index contributed by atoms with van der Waals surface area (Å²) in [7, 11) is 3.09. The lowest BCUT2D eigenvalue weighted by Crippen LogP contribution is -2.24. The van der Waals surface area contributed by atoms with Gasteiger partial charge in [0, 0.05) is 20.2 Å². The molecular weight excluding hydrogens is 344 g/mol. The van der Waals surface area contributed by atoms with E-state index in [1.165, 1.54) is 17.0 Å². The monoisotopic (exact) mass is 358 g/mol. The van der Waals surface area contributed by atoms with Crippen LogP contribution in [0.4, 0.5) is 17.1 Å². The zero-order valence-electron chi connectivity index (χ0n) is 13.8. The highest BCUT2D eigenvalue weighted by atomic mass is 16.6. The highest BCUT2D eigenvalue weighted by Gasteiger charge is 2.25. The number of amides is 2. The van der Waals surface area contributed by atoms with Crippen LogP contribution in [0.5, 0.6) is 0 Å². The van der Waals surface area contributed by atoms with Crippen LogP contribution in [0.3, 0.4) is 0 Å². The fourth-order valence-electron chi connectivity index (χ4n) is 2.19. The SMILES string of the molecule is CN(C)C(=O)c1ccccc1NC(=O)c1ccc([N+](=O)[O-])cc1[N+](=O)[O-]. The average Bonchev–Trinajstić information content (AvgIpc) is 2.60. The van der Waals surface area contributed by atoms with Gasteiger partial charge in [-0.2, -0.15) is 0 Å². The number of nitro benzene ring substituents is 2. The van der Waals surface area contributed by atoms with Gasteiger partial charge in [0.1, 0.15) is 5.56 Å². The molecule has 0 aliphatic heterocycles. The Labute approximate surface area is 147 Å². The summed E-state index contributed by atoms with van der Waals surface area (Å²) in [5.41, 5.74) is -1.18. The number of anilines is 1. The smallest absolute Gasteiger partial charge is 0.289 e. The molecule has 0 atom stereocenters. The molecule has 0 unspecified atom stereocenters. The normalized spacial score (nSPS) is 10.1. The van der Waals surface area contributed by atoms with E-state index in [-0.39, 0.29) is 22.7 Å². The second kappa shape index (κ2) is 7.38. The minimum Gasteiger partial charge on any atom is -0.345 e. The Morgan fingerprint density at radius 1 is 0.962 bits per heavy atom.